The zero-order valence-electron chi connectivity index (χ0n) is 17.4. The molecule has 1 aliphatic heterocycles. The number of ether oxygens (including phenoxy) is 1. The molecule has 0 aliphatic carbocycles. The lowest BCUT2D eigenvalue weighted by Gasteiger charge is -2.35. The predicted molar refractivity (Wildman–Crippen MR) is 118 cm³/mol. The average Bonchev–Trinajstić information content (AvgIpc) is 2.71. The molecular weight excluding hydrogens is 386 g/mol. The fourth-order valence-electron chi connectivity index (χ4n) is 3.49. The van der Waals surface area contributed by atoms with E-state index in [9.17, 15) is 4.79 Å². The summed E-state index contributed by atoms with van der Waals surface area (Å²) in [5.41, 5.74) is 2.02. The van der Waals surface area contributed by atoms with E-state index in [-0.39, 0.29) is 11.9 Å². The first-order valence-corrected chi connectivity index (χ1v) is 10.5. The van der Waals surface area contributed by atoms with Gasteiger partial charge in [0, 0.05) is 37.7 Å². The predicted octanol–water partition coefficient (Wildman–Crippen LogP) is 3.52. The van der Waals surface area contributed by atoms with Crippen molar-refractivity contribution < 1.29 is 9.53 Å². The van der Waals surface area contributed by atoms with E-state index in [1.165, 1.54) is 0 Å². The molecule has 2 aromatic rings. The number of carbonyl (C=O) groups is 1. The van der Waals surface area contributed by atoms with E-state index in [2.05, 4.69) is 34.3 Å². The number of halogens is 1. The van der Waals surface area contributed by atoms with Crippen LogP contribution in [0.5, 0.6) is 5.75 Å². The van der Waals surface area contributed by atoms with Gasteiger partial charge in [-0.25, -0.2) is 0 Å². The first-order valence-electron chi connectivity index (χ1n) is 10.1. The molecule has 5 nitrogen and oxygen atoms in total. The highest BCUT2D eigenvalue weighted by atomic mass is 35.5. The molecule has 2 aromatic carbocycles. The summed E-state index contributed by atoms with van der Waals surface area (Å²) in [7, 11) is 2.14. The number of amides is 1. The number of carbonyl (C=O) groups excluding carboxylic acids is 1. The Morgan fingerprint density at radius 2 is 1.83 bits per heavy atom. The Kier molecular flexibility index (Phi) is 7.53. The number of nitrogens with zero attached hydrogens (tertiary/aromatic N) is 2. The third kappa shape index (κ3) is 6.20. The van der Waals surface area contributed by atoms with Crippen LogP contribution in [-0.2, 0) is 4.79 Å². The third-order valence-corrected chi connectivity index (χ3v) is 5.60. The molecule has 0 radical (unpaired) electrons. The topological polar surface area (TPSA) is 44.8 Å². The summed E-state index contributed by atoms with van der Waals surface area (Å²) in [5, 5.41) is 3.85. The minimum absolute atomic E-state index is 0.0792. The van der Waals surface area contributed by atoms with Gasteiger partial charge in [-0.15, -0.1) is 0 Å². The van der Waals surface area contributed by atoms with Crippen LogP contribution in [0.15, 0.2) is 48.5 Å². The number of aryl methyl sites for hydroxylation is 1. The van der Waals surface area contributed by atoms with Gasteiger partial charge >= 0.3 is 0 Å². The lowest BCUT2D eigenvalue weighted by Crippen LogP contribution is -2.49. The van der Waals surface area contributed by atoms with Gasteiger partial charge in [0.15, 0.2) is 6.10 Å². The van der Waals surface area contributed by atoms with E-state index >= 15 is 0 Å². The lowest BCUT2D eigenvalue weighted by molar-refractivity contribution is -0.128. The van der Waals surface area contributed by atoms with Crippen molar-refractivity contribution in [2.45, 2.75) is 26.0 Å². The highest BCUT2D eigenvalue weighted by Crippen LogP contribution is 2.23. The van der Waals surface area contributed by atoms with Crippen LogP contribution in [0.4, 0.5) is 0 Å². The zero-order chi connectivity index (χ0) is 20.8. The highest BCUT2D eigenvalue weighted by Gasteiger charge is 2.24. The number of piperazine rings is 1. The molecule has 1 N–H and O–H groups in total. The molecule has 0 spiro atoms. The van der Waals surface area contributed by atoms with Gasteiger partial charge < -0.3 is 15.0 Å². The molecule has 1 fully saturated rings. The minimum Gasteiger partial charge on any atom is -0.481 e. The molecule has 2 atom stereocenters. The fraction of sp³-hybridized carbons (Fsp3) is 0.435. The van der Waals surface area contributed by atoms with Crippen LogP contribution in [0, 0.1) is 6.92 Å². The van der Waals surface area contributed by atoms with Crippen LogP contribution < -0.4 is 10.1 Å². The maximum atomic E-state index is 12.9. The second-order valence-electron chi connectivity index (χ2n) is 7.75. The normalized spacial score (nSPS) is 17.5. The Bertz CT molecular complexity index is 807. The number of benzene rings is 2. The molecule has 1 saturated heterocycles. The molecule has 1 heterocycles. The molecule has 29 heavy (non-hydrogen) atoms. The van der Waals surface area contributed by atoms with Crippen LogP contribution >= 0.6 is 11.6 Å². The van der Waals surface area contributed by atoms with Gasteiger partial charge in [-0.3, -0.25) is 9.69 Å². The van der Waals surface area contributed by atoms with Crippen LogP contribution in [0.1, 0.15) is 24.1 Å². The zero-order valence-corrected chi connectivity index (χ0v) is 18.2. The van der Waals surface area contributed by atoms with Crippen molar-refractivity contribution in [3.8, 4) is 5.75 Å². The summed E-state index contributed by atoms with van der Waals surface area (Å²) in [4.78, 5) is 17.7. The summed E-state index contributed by atoms with van der Waals surface area (Å²) in [5.74, 6) is 0.551. The van der Waals surface area contributed by atoms with Crippen LogP contribution in [0.3, 0.4) is 0 Å². The first kappa shape index (κ1) is 21.6. The quantitative estimate of drug-likeness (QED) is 0.751. The number of rotatable bonds is 7. The number of nitrogens with one attached hydrogen (secondary N) is 1. The standard InChI is InChI=1S/C23H30ClN3O2/c1-17-15-20(24)9-10-22(17)29-18(2)23(28)25-21(19-7-5-4-6-8-19)16-27-13-11-26(3)12-14-27/h4-10,15,18,21H,11-14,16H2,1-3H3,(H,25,28). The van der Waals surface area contributed by atoms with E-state index in [0.717, 1.165) is 43.9 Å². The summed E-state index contributed by atoms with van der Waals surface area (Å²) in [6.45, 7) is 8.59. The second-order valence-corrected chi connectivity index (χ2v) is 8.18. The average molecular weight is 416 g/mol. The maximum Gasteiger partial charge on any atom is 0.261 e. The summed E-state index contributed by atoms with van der Waals surface area (Å²) < 4.78 is 5.91. The van der Waals surface area contributed by atoms with E-state index < -0.39 is 6.10 Å². The molecule has 1 amide bonds. The Balaban J connectivity index is 1.66. The summed E-state index contributed by atoms with van der Waals surface area (Å²) in [6, 6.07) is 15.5. The van der Waals surface area contributed by atoms with Gasteiger partial charge in [0.05, 0.1) is 6.04 Å². The van der Waals surface area contributed by atoms with E-state index in [4.69, 9.17) is 16.3 Å². The van der Waals surface area contributed by atoms with Crippen LogP contribution in [-0.4, -0.2) is 61.6 Å². The third-order valence-electron chi connectivity index (χ3n) is 5.37. The van der Waals surface area contributed by atoms with Gasteiger partial charge in [0.25, 0.3) is 5.91 Å². The molecule has 6 heteroatoms. The molecule has 1 aliphatic rings. The lowest BCUT2D eigenvalue weighted by atomic mass is 10.1. The number of hydrogen-bond acceptors (Lipinski definition) is 4. The van der Waals surface area contributed by atoms with E-state index in [1.54, 1.807) is 19.1 Å². The summed E-state index contributed by atoms with van der Waals surface area (Å²) in [6.07, 6.45) is -0.603. The van der Waals surface area contributed by atoms with Crippen molar-refractivity contribution in [1.29, 1.82) is 0 Å². The van der Waals surface area contributed by atoms with Gasteiger partial charge in [0.2, 0.25) is 0 Å². The highest BCUT2D eigenvalue weighted by molar-refractivity contribution is 6.30. The van der Waals surface area contributed by atoms with Crippen LogP contribution in [0.2, 0.25) is 5.02 Å². The van der Waals surface area contributed by atoms with Crippen molar-refractivity contribution in [1.82, 2.24) is 15.1 Å². The monoisotopic (exact) mass is 415 g/mol. The molecule has 3 rings (SSSR count). The Morgan fingerprint density at radius 3 is 2.48 bits per heavy atom. The number of likely N-dealkylation sites (N-methyl/N-ethyl adjacent to an activating group) is 1. The van der Waals surface area contributed by atoms with Crippen molar-refractivity contribution >= 4 is 17.5 Å². The molecule has 2 unspecified atom stereocenters. The van der Waals surface area contributed by atoms with Crippen molar-refractivity contribution in [3.05, 3.63) is 64.7 Å². The molecule has 156 valence electrons. The van der Waals surface area contributed by atoms with E-state index in [1.807, 2.05) is 31.2 Å². The summed E-state index contributed by atoms with van der Waals surface area (Å²) >= 11 is 6.01. The van der Waals surface area contributed by atoms with E-state index in [0.29, 0.717) is 10.8 Å². The van der Waals surface area contributed by atoms with Crippen LogP contribution in [0.25, 0.3) is 0 Å². The van der Waals surface area contributed by atoms with Crippen molar-refractivity contribution in [2.75, 3.05) is 39.8 Å². The fourth-order valence-corrected chi connectivity index (χ4v) is 3.71. The molecular formula is C23H30ClN3O2. The molecule has 0 saturated carbocycles. The maximum absolute atomic E-state index is 12.9. The minimum atomic E-state index is -0.603. The second kappa shape index (κ2) is 10.1. The molecule has 0 bridgehead atoms. The Morgan fingerprint density at radius 1 is 1.14 bits per heavy atom. The number of hydrogen-bond donors (Lipinski definition) is 1. The molecule has 0 aromatic heterocycles. The van der Waals surface area contributed by atoms with Crippen molar-refractivity contribution in [3.63, 3.8) is 0 Å². The van der Waals surface area contributed by atoms with Gasteiger partial charge in [-0.2, -0.15) is 0 Å². The smallest absolute Gasteiger partial charge is 0.261 e. The van der Waals surface area contributed by atoms with Gasteiger partial charge in [-0.05, 0) is 50.2 Å². The van der Waals surface area contributed by atoms with Crippen molar-refractivity contribution in [2.24, 2.45) is 0 Å². The Hall–Kier alpha value is -2.08. The largest absolute Gasteiger partial charge is 0.481 e. The van der Waals surface area contributed by atoms with Gasteiger partial charge in [0.1, 0.15) is 5.75 Å². The SMILES string of the molecule is Cc1cc(Cl)ccc1OC(C)C(=O)NC(CN1CCN(C)CC1)c1ccccc1. The van der Waals surface area contributed by atoms with Gasteiger partial charge in [-0.1, -0.05) is 41.9 Å². The Labute approximate surface area is 178 Å². The first-order chi connectivity index (χ1) is 13.9.